The Labute approximate surface area is 159 Å². The Morgan fingerprint density at radius 3 is 2.64 bits per heavy atom. The molecule has 0 saturated carbocycles. The Morgan fingerprint density at radius 2 is 1.93 bits per heavy atom. The van der Waals surface area contributed by atoms with E-state index in [4.69, 9.17) is 5.73 Å². The van der Waals surface area contributed by atoms with Gasteiger partial charge in [0.25, 0.3) is 11.8 Å². The van der Waals surface area contributed by atoms with Crippen molar-refractivity contribution in [3.8, 4) is 0 Å². The van der Waals surface area contributed by atoms with Crippen LogP contribution in [-0.2, 0) is 22.7 Å². The van der Waals surface area contributed by atoms with Gasteiger partial charge in [-0.15, -0.1) is 0 Å². The summed E-state index contributed by atoms with van der Waals surface area (Å²) in [5.74, 6) is -1.45. The number of carbonyl (C=O) groups excluding carboxylic acids is 4. The van der Waals surface area contributed by atoms with Crippen molar-refractivity contribution in [3.05, 3.63) is 46.6 Å². The zero-order chi connectivity index (χ0) is 19.8. The number of hydrogen-bond acceptors (Lipinski definition) is 7. The molecule has 1 aromatic heterocycles. The van der Waals surface area contributed by atoms with E-state index < -0.39 is 29.7 Å². The van der Waals surface area contributed by atoms with Crippen molar-refractivity contribution in [2.24, 2.45) is 5.73 Å². The molecule has 2 aliphatic heterocycles. The van der Waals surface area contributed by atoms with E-state index >= 15 is 0 Å². The van der Waals surface area contributed by atoms with Gasteiger partial charge in [-0.1, -0.05) is 6.07 Å². The molecule has 4 rings (SSSR count). The zero-order valence-corrected chi connectivity index (χ0v) is 14.8. The van der Waals surface area contributed by atoms with Crippen LogP contribution < -0.4 is 16.4 Å². The number of H-pyrrole nitrogens is 1. The molecule has 0 radical (unpaired) electrons. The highest BCUT2D eigenvalue weighted by Crippen LogP contribution is 2.28. The number of piperidine rings is 1. The third kappa shape index (κ3) is 3.03. The molecule has 0 aliphatic carbocycles. The van der Waals surface area contributed by atoms with E-state index in [0.717, 1.165) is 16.2 Å². The Morgan fingerprint density at radius 1 is 1.14 bits per heavy atom. The summed E-state index contributed by atoms with van der Waals surface area (Å²) in [6.07, 6.45) is 0.223. The number of nitrogens with zero attached hydrogens (tertiary/aromatic N) is 2. The van der Waals surface area contributed by atoms with E-state index in [1.54, 1.807) is 24.3 Å². The van der Waals surface area contributed by atoms with Crippen LogP contribution in [0.1, 0.15) is 44.8 Å². The van der Waals surface area contributed by atoms with Gasteiger partial charge in [0.15, 0.2) is 0 Å². The molecule has 1 saturated heterocycles. The quantitative estimate of drug-likeness (QED) is 0.527. The molecule has 2 aliphatic rings. The van der Waals surface area contributed by atoms with Crippen molar-refractivity contribution >= 4 is 29.4 Å². The van der Waals surface area contributed by atoms with Crippen LogP contribution in [0.4, 0.5) is 5.82 Å². The minimum atomic E-state index is -0.967. The van der Waals surface area contributed by atoms with Crippen LogP contribution >= 0.6 is 0 Å². The van der Waals surface area contributed by atoms with Crippen LogP contribution in [0.15, 0.2) is 24.3 Å². The molecule has 0 spiro atoms. The van der Waals surface area contributed by atoms with E-state index in [1.807, 2.05) is 0 Å². The minimum Gasteiger partial charge on any atom is -0.365 e. The van der Waals surface area contributed by atoms with Gasteiger partial charge >= 0.3 is 0 Å². The van der Waals surface area contributed by atoms with Crippen LogP contribution in [0, 0.1) is 0 Å². The summed E-state index contributed by atoms with van der Waals surface area (Å²) in [7, 11) is 0. The van der Waals surface area contributed by atoms with Gasteiger partial charge in [0.2, 0.25) is 11.8 Å². The van der Waals surface area contributed by atoms with Gasteiger partial charge in [0.1, 0.15) is 11.9 Å². The molecule has 28 heavy (non-hydrogen) atoms. The zero-order valence-electron chi connectivity index (χ0n) is 14.8. The molecule has 1 atom stereocenters. The Kier molecular flexibility index (Phi) is 4.40. The molecular formula is C18H18N6O4. The number of imide groups is 2. The number of nitrogens with one attached hydrogen (secondary N) is 3. The van der Waals surface area contributed by atoms with Gasteiger partial charge < -0.3 is 11.1 Å². The maximum Gasteiger partial charge on any atom is 0.262 e. The fourth-order valence-corrected chi connectivity index (χ4v) is 3.38. The lowest BCUT2D eigenvalue weighted by atomic mass is 10.0. The number of hydrogen-bond donors (Lipinski definition) is 4. The second-order valence-corrected chi connectivity index (χ2v) is 6.66. The second-order valence-electron chi connectivity index (χ2n) is 6.66. The lowest BCUT2D eigenvalue weighted by Crippen LogP contribution is -2.54. The van der Waals surface area contributed by atoms with Crippen molar-refractivity contribution < 1.29 is 19.2 Å². The molecule has 4 amide bonds. The Bertz CT molecular complexity index is 998. The van der Waals surface area contributed by atoms with Gasteiger partial charge in [-0.2, -0.15) is 5.10 Å². The Hall–Kier alpha value is -3.53. The molecule has 5 N–H and O–H groups in total. The molecule has 2 aromatic rings. The van der Waals surface area contributed by atoms with E-state index in [1.165, 1.54) is 0 Å². The van der Waals surface area contributed by atoms with Crippen LogP contribution in [0.3, 0.4) is 0 Å². The van der Waals surface area contributed by atoms with E-state index in [-0.39, 0.29) is 24.0 Å². The first kappa shape index (κ1) is 17.9. The van der Waals surface area contributed by atoms with Crippen LogP contribution in [0.25, 0.3) is 0 Å². The summed E-state index contributed by atoms with van der Waals surface area (Å²) in [6, 6.07) is 5.76. The van der Waals surface area contributed by atoms with Crippen molar-refractivity contribution in [1.82, 2.24) is 20.4 Å². The number of nitrogens with two attached hydrogens (primary N) is 1. The molecule has 1 unspecified atom stereocenters. The SMILES string of the molecule is NCc1cc(NCc2ccc3c(c2)C(=O)N(C2CCC(=O)NC2=O)C3=O)n[nH]1. The Balaban J connectivity index is 1.52. The first-order valence-corrected chi connectivity index (χ1v) is 8.80. The summed E-state index contributed by atoms with van der Waals surface area (Å²) in [5, 5.41) is 12.2. The molecule has 1 aromatic carbocycles. The third-order valence-corrected chi connectivity index (χ3v) is 4.83. The monoisotopic (exact) mass is 382 g/mol. The lowest BCUT2D eigenvalue weighted by molar-refractivity contribution is -0.136. The third-order valence-electron chi connectivity index (χ3n) is 4.83. The minimum absolute atomic E-state index is 0.0907. The predicted molar refractivity (Wildman–Crippen MR) is 96.9 cm³/mol. The smallest absolute Gasteiger partial charge is 0.262 e. The first-order valence-electron chi connectivity index (χ1n) is 8.80. The van der Waals surface area contributed by atoms with Crippen LogP contribution in [0.5, 0.6) is 0 Å². The maximum atomic E-state index is 12.8. The molecule has 10 heteroatoms. The molecule has 144 valence electrons. The van der Waals surface area contributed by atoms with Gasteiger partial charge in [0, 0.05) is 25.6 Å². The summed E-state index contributed by atoms with van der Waals surface area (Å²) in [4.78, 5) is 49.8. The number of carbonyl (C=O) groups is 4. The molecule has 3 heterocycles. The number of anilines is 1. The van der Waals surface area contributed by atoms with Crippen molar-refractivity contribution in [3.63, 3.8) is 0 Å². The maximum absolute atomic E-state index is 12.8. The van der Waals surface area contributed by atoms with Crippen LogP contribution in [-0.4, -0.2) is 44.8 Å². The number of aromatic amines is 1. The molecule has 10 nitrogen and oxygen atoms in total. The van der Waals surface area contributed by atoms with Crippen molar-refractivity contribution in [1.29, 1.82) is 0 Å². The lowest BCUT2D eigenvalue weighted by Gasteiger charge is -2.27. The average Bonchev–Trinajstić information content (AvgIpc) is 3.24. The molecular weight excluding hydrogens is 364 g/mol. The normalized spacial score (nSPS) is 19.0. The first-order chi connectivity index (χ1) is 13.5. The number of benzene rings is 1. The van der Waals surface area contributed by atoms with Gasteiger partial charge in [0.05, 0.1) is 16.8 Å². The van der Waals surface area contributed by atoms with Crippen molar-refractivity contribution in [2.45, 2.75) is 32.0 Å². The number of rotatable bonds is 5. The van der Waals surface area contributed by atoms with Crippen molar-refractivity contribution in [2.75, 3.05) is 5.32 Å². The summed E-state index contributed by atoms with van der Waals surface area (Å²) < 4.78 is 0. The molecule has 1 fully saturated rings. The van der Waals surface area contributed by atoms with Crippen LogP contribution in [0.2, 0.25) is 0 Å². The summed E-state index contributed by atoms with van der Waals surface area (Å²) >= 11 is 0. The van der Waals surface area contributed by atoms with E-state index in [0.29, 0.717) is 18.9 Å². The topological polar surface area (TPSA) is 150 Å². The highest BCUT2D eigenvalue weighted by Gasteiger charge is 2.44. The molecule has 0 bridgehead atoms. The summed E-state index contributed by atoms with van der Waals surface area (Å²) in [5.41, 5.74) is 7.60. The summed E-state index contributed by atoms with van der Waals surface area (Å²) in [6.45, 7) is 0.738. The standard InChI is InChI=1S/C18H18N6O4/c19-7-10-6-14(23-22-10)20-8-9-1-2-11-12(5-9)18(28)24(17(11)27)13-3-4-15(25)21-16(13)26/h1-2,5-6,13H,3-4,7-8,19H2,(H2,20,22,23)(H,21,25,26). The van der Waals surface area contributed by atoms with Gasteiger partial charge in [-0.25, -0.2) is 0 Å². The fourth-order valence-electron chi connectivity index (χ4n) is 3.38. The number of aromatic nitrogens is 2. The van der Waals surface area contributed by atoms with E-state index in [9.17, 15) is 19.2 Å². The predicted octanol–water partition coefficient (Wildman–Crippen LogP) is -0.118. The average molecular weight is 382 g/mol. The largest absolute Gasteiger partial charge is 0.365 e. The number of fused-ring (bicyclic) bond motifs is 1. The van der Waals surface area contributed by atoms with E-state index in [2.05, 4.69) is 20.8 Å². The fraction of sp³-hybridized carbons (Fsp3) is 0.278. The number of amides is 4. The highest BCUT2D eigenvalue weighted by atomic mass is 16.2. The van der Waals surface area contributed by atoms with Gasteiger partial charge in [-0.3, -0.25) is 34.5 Å². The highest BCUT2D eigenvalue weighted by molar-refractivity contribution is 6.23. The second kappa shape index (κ2) is 6.89. The van der Waals surface area contributed by atoms with Gasteiger partial charge in [-0.05, 0) is 24.1 Å².